The average molecular weight is 284 g/mol. The fraction of sp³-hybridized carbons (Fsp3) is 0.571. The van der Waals surface area contributed by atoms with Crippen molar-refractivity contribution in [2.75, 3.05) is 7.05 Å². The van der Waals surface area contributed by atoms with E-state index >= 15 is 0 Å². The van der Waals surface area contributed by atoms with Gasteiger partial charge in [-0.3, -0.25) is 0 Å². The van der Waals surface area contributed by atoms with E-state index in [-0.39, 0.29) is 0 Å². The van der Waals surface area contributed by atoms with Crippen LogP contribution in [0.5, 0.6) is 0 Å². The average Bonchev–Trinajstić information content (AvgIpc) is 2.28. The summed E-state index contributed by atoms with van der Waals surface area (Å²) in [7, 11) is -1.62. The minimum Gasteiger partial charge on any atom is -0.316 e. The molecular formula is C14H24N2O2S. The first-order valence-corrected chi connectivity index (χ1v) is 8.06. The van der Waals surface area contributed by atoms with Gasteiger partial charge in [-0.15, -0.1) is 0 Å². The number of rotatable bonds is 7. The molecule has 0 radical (unpaired) electrons. The first kappa shape index (κ1) is 16.1. The van der Waals surface area contributed by atoms with Crippen LogP contribution in [0, 0.1) is 0 Å². The van der Waals surface area contributed by atoms with Crippen molar-refractivity contribution in [1.29, 1.82) is 0 Å². The molecule has 0 bridgehead atoms. The van der Waals surface area contributed by atoms with Crippen molar-refractivity contribution in [2.24, 2.45) is 0 Å². The minimum absolute atomic E-state index is 0.324. The van der Waals surface area contributed by atoms with Gasteiger partial charge in [0, 0.05) is 12.1 Å². The molecule has 0 fully saturated rings. The Morgan fingerprint density at radius 2 is 1.95 bits per heavy atom. The Labute approximate surface area is 116 Å². The zero-order chi connectivity index (χ0) is 14.5. The summed E-state index contributed by atoms with van der Waals surface area (Å²) < 4.78 is 27.5. The summed E-state index contributed by atoms with van der Waals surface area (Å²) in [6.07, 6.45) is 1.75. The first-order chi connectivity index (χ1) is 8.80. The maximum Gasteiger partial charge on any atom is 0.241 e. The molecule has 0 aliphatic carbocycles. The van der Waals surface area contributed by atoms with Gasteiger partial charge in [0.05, 0.1) is 4.90 Å². The number of hydrogen-bond acceptors (Lipinski definition) is 3. The lowest BCUT2D eigenvalue weighted by Crippen LogP contribution is -2.43. The molecule has 108 valence electrons. The van der Waals surface area contributed by atoms with Gasteiger partial charge in [-0.05, 0) is 45.0 Å². The second-order valence-electron chi connectivity index (χ2n) is 5.42. The summed E-state index contributed by atoms with van der Waals surface area (Å²) in [5, 5.41) is 3.02. The van der Waals surface area contributed by atoms with Gasteiger partial charge in [0.15, 0.2) is 0 Å². The van der Waals surface area contributed by atoms with Crippen molar-refractivity contribution >= 4 is 10.0 Å². The normalized spacial score (nSPS) is 12.6. The molecular weight excluding hydrogens is 260 g/mol. The van der Waals surface area contributed by atoms with Gasteiger partial charge >= 0.3 is 0 Å². The van der Waals surface area contributed by atoms with Crippen LogP contribution in [0.3, 0.4) is 0 Å². The second-order valence-corrected chi connectivity index (χ2v) is 7.10. The smallest absolute Gasteiger partial charge is 0.241 e. The Bertz CT molecular complexity index is 510. The van der Waals surface area contributed by atoms with Crippen LogP contribution >= 0.6 is 0 Å². The molecule has 0 amide bonds. The number of benzene rings is 1. The molecule has 19 heavy (non-hydrogen) atoms. The van der Waals surface area contributed by atoms with Crippen molar-refractivity contribution in [3.05, 3.63) is 29.8 Å². The molecule has 2 N–H and O–H groups in total. The van der Waals surface area contributed by atoms with E-state index in [1.54, 1.807) is 18.2 Å². The molecule has 0 spiro atoms. The largest absolute Gasteiger partial charge is 0.316 e. The highest BCUT2D eigenvalue weighted by atomic mass is 32.2. The van der Waals surface area contributed by atoms with Gasteiger partial charge in [-0.2, -0.15) is 0 Å². The molecule has 1 rings (SSSR count). The van der Waals surface area contributed by atoms with Crippen LogP contribution in [0.1, 0.15) is 39.2 Å². The SMILES string of the molecule is CCCC(C)(C)NS(=O)(=O)c1cccc(CNC)c1. The van der Waals surface area contributed by atoms with E-state index in [0.29, 0.717) is 11.4 Å². The third-order valence-electron chi connectivity index (χ3n) is 2.88. The van der Waals surface area contributed by atoms with E-state index in [4.69, 9.17) is 0 Å². The molecule has 0 aromatic heterocycles. The molecule has 0 aliphatic rings. The van der Waals surface area contributed by atoms with Gasteiger partial charge in [0.2, 0.25) is 10.0 Å². The Morgan fingerprint density at radius 3 is 2.53 bits per heavy atom. The van der Waals surface area contributed by atoms with Crippen molar-refractivity contribution in [2.45, 2.75) is 50.6 Å². The Balaban J connectivity index is 2.97. The van der Waals surface area contributed by atoms with E-state index in [1.165, 1.54) is 0 Å². The van der Waals surface area contributed by atoms with Gasteiger partial charge in [-0.25, -0.2) is 13.1 Å². The third kappa shape index (κ3) is 4.93. The fourth-order valence-corrected chi connectivity index (χ4v) is 3.64. The highest BCUT2D eigenvalue weighted by Crippen LogP contribution is 2.18. The number of hydrogen-bond donors (Lipinski definition) is 2. The predicted molar refractivity (Wildman–Crippen MR) is 78.5 cm³/mol. The van der Waals surface area contributed by atoms with Gasteiger partial charge < -0.3 is 5.32 Å². The maximum absolute atomic E-state index is 12.3. The Morgan fingerprint density at radius 1 is 1.26 bits per heavy atom. The van der Waals surface area contributed by atoms with Crippen molar-refractivity contribution in [1.82, 2.24) is 10.0 Å². The summed E-state index contributed by atoms with van der Waals surface area (Å²) in [6.45, 7) is 6.52. The first-order valence-electron chi connectivity index (χ1n) is 6.58. The molecule has 0 unspecified atom stereocenters. The number of sulfonamides is 1. The zero-order valence-corrected chi connectivity index (χ0v) is 13.0. The number of nitrogens with one attached hydrogen (secondary N) is 2. The molecule has 0 saturated heterocycles. The van der Waals surface area contributed by atoms with Crippen LogP contribution in [0.25, 0.3) is 0 Å². The molecule has 0 heterocycles. The van der Waals surface area contributed by atoms with Crippen LogP contribution in [-0.4, -0.2) is 21.0 Å². The van der Waals surface area contributed by atoms with E-state index in [9.17, 15) is 8.42 Å². The summed E-state index contributed by atoms with van der Waals surface area (Å²) in [4.78, 5) is 0.324. The molecule has 0 aliphatic heterocycles. The van der Waals surface area contributed by atoms with Crippen molar-refractivity contribution < 1.29 is 8.42 Å². The van der Waals surface area contributed by atoms with Crippen molar-refractivity contribution in [3.63, 3.8) is 0 Å². The Kier molecular flexibility index (Phi) is 5.52. The summed E-state index contributed by atoms with van der Waals surface area (Å²) >= 11 is 0. The lowest BCUT2D eigenvalue weighted by molar-refractivity contribution is 0.417. The zero-order valence-electron chi connectivity index (χ0n) is 12.2. The topological polar surface area (TPSA) is 58.2 Å². The standard InChI is InChI=1S/C14H24N2O2S/c1-5-9-14(2,3)16-19(17,18)13-8-6-7-12(10-13)11-15-4/h6-8,10,15-16H,5,9,11H2,1-4H3. The molecule has 1 aromatic rings. The van der Waals surface area contributed by atoms with Gasteiger partial charge in [0.1, 0.15) is 0 Å². The van der Waals surface area contributed by atoms with Crippen LogP contribution in [0.4, 0.5) is 0 Å². The third-order valence-corrected chi connectivity index (χ3v) is 4.57. The molecule has 0 saturated carbocycles. The minimum atomic E-state index is -3.46. The lowest BCUT2D eigenvalue weighted by atomic mass is 10.0. The maximum atomic E-state index is 12.3. The Hall–Kier alpha value is -0.910. The van der Waals surface area contributed by atoms with Crippen LogP contribution in [0.15, 0.2) is 29.2 Å². The molecule has 0 atom stereocenters. The molecule has 1 aromatic carbocycles. The highest BCUT2D eigenvalue weighted by Gasteiger charge is 2.25. The fourth-order valence-electron chi connectivity index (χ4n) is 2.13. The lowest BCUT2D eigenvalue weighted by Gasteiger charge is -2.25. The second kappa shape index (κ2) is 6.50. The quantitative estimate of drug-likeness (QED) is 0.807. The van der Waals surface area contributed by atoms with E-state index in [2.05, 4.69) is 10.0 Å². The van der Waals surface area contributed by atoms with Crippen molar-refractivity contribution in [3.8, 4) is 0 Å². The monoisotopic (exact) mass is 284 g/mol. The van der Waals surface area contributed by atoms with Gasteiger partial charge in [-0.1, -0.05) is 25.5 Å². The van der Waals surface area contributed by atoms with Crippen LogP contribution < -0.4 is 10.0 Å². The van der Waals surface area contributed by atoms with E-state index < -0.39 is 15.6 Å². The van der Waals surface area contributed by atoms with Crippen LogP contribution in [-0.2, 0) is 16.6 Å². The summed E-state index contributed by atoms with van der Waals surface area (Å²) in [6, 6.07) is 7.02. The summed E-state index contributed by atoms with van der Waals surface area (Å²) in [5.41, 5.74) is 0.533. The highest BCUT2D eigenvalue weighted by molar-refractivity contribution is 7.89. The van der Waals surface area contributed by atoms with Crippen LogP contribution in [0.2, 0.25) is 0 Å². The van der Waals surface area contributed by atoms with Gasteiger partial charge in [0.25, 0.3) is 0 Å². The molecule has 4 nitrogen and oxygen atoms in total. The van der Waals surface area contributed by atoms with E-state index in [1.807, 2.05) is 33.9 Å². The van der Waals surface area contributed by atoms with E-state index in [0.717, 1.165) is 18.4 Å². The molecule has 5 heteroatoms. The predicted octanol–water partition coefficient (Wildman–Crippen LogP) is 2.26. The summed E-state index contributed by atoms with van der Waals surface area (Å²) in [5.74, 6) is 0.